The molecule has 152 valence electrons. The maximum atomic E-state index is 13.4. The van der Waals surface area contributed by atoms with Gasteiger partial charge in [-0.3, -0.25) is 19.1 Å². The molecular weight excluding hydrogens is 382 g/mol. The Hall–Kier alpha value is -3.42. The predicted molar refractivity (Wildman–Crippen MR) is 113 cm³/mol. The first-order valence-corrected chi connectivity index (χ1v) is 10.4. The first-order valence-electron chi connectivity index (χ1n) is 10.4. The highest BCUT2D eigenvalue weighted by Crippen LogP contribution is 2.40. The van der Waals surface area contributed by atoms with E-state index in [-0.39, 0.29) is 17.3 Å². The number of aromatic nitrogens is 3. The van der Waals surface area contributed by atoms with Crippen LogP contribution in [0.3, 0.4) is 0 Å². The number of pyridine rings is 1. The Morgan fingerprint density at radius 3 is 2.47 bits per heavy atom. The van der Waals surface area contributed by atoms with Gasteiger partial charge in [0, 0.05) is 31.4 Å². The van der Waals surface area contributed by atoms with E-state index in [1.807, 2.05) is 18.2 Å². The van der Waals surface area contributed by atoms with Gasteiger partial charge in [-0.1, -0.05) is 12.1 Å². The van der Waals surface area contributed by atoms with Crippen molar-refractivity contribution in [3.63, 3.8) is 0 Å². The average molecular weight is 403 g/mol. The Bertz CT molecular complexity index is 1300. The first kappa shape index (κ1) is 17.4. The van der Waals surface area contributed by atoms with Crippen LogP contribution in [0.5, 0.6) is 0 Å². The highest BCUT2D eigenvalue weighted by Gasteiger charge is 2.36. The second kappa shape index (κ2) is 6.29. The zero-order valence-electron chi connectivity index (χ0n) is 16.4. The second-order valence-corrected chi connectivity index (χ2v) is 8.33. The van der Waals surface area contributed by atoms with Gasteiger partial charge in [-0.15, -0.1) is 0 Å². The van der Waals surface area contributed by atoms with Crippen molar-refractivity contribution in [1.29, 1.82) is 0 Å². The van der Waals surface area contributed by atoms with Crippen LogP contribution in [0.25, 0.3) is 11.0 Å². The van der Waals surface area contributed by atoms with E-state index in [2.05, 4.69) is 20.9 Å². The Balaban J connectivity index is 1.42. The summed E-state index contributed by atoms with van der Waals surface area (Å²) in [6.07, 6.45) is 5.67. The van der Waals surface area contributed by atoms with Gasteiger partial charge in [0.05, 0.1) is 22.3 Å². The predicted octanol–water partition coefficient (Wildman–Crippen LogP) is 2.05. The zero-order valence-corrected chi connectivity index (χ0v) is 16.4. The van der Waals surface area contributed by atoms with Gasteiger partial charge >= 0.3 is 5.69 Å². The zero-order chi connectivity index (χ0) is 20.4. The fourth-order valence-corrected chi connectivity index (χ4v) is 4.44. The summed E-state index contributed by atoms with van der Waals surface area (Å²) in [5, 5.41) is 0.275. The van der Waals surface area contributed by atoms with Gasteiger partial charge in [-0.25, -0.2) is 9.78 Å². The average Bonchev–Trinajstić information content (AvgIpc) is 3.66. The summed E-state index contributed by atoms with van der Waals surface area (Å²) >= 11 is 0. The van der Waals surface area contributed by atoms with Gasteiger partial charge < -0.3 is 9.80 Å². The number of anilines is 2. The largest absolute Gasteiger partial charge is 0.365 e. The van der Waals surface area contributed by atoms with E-state index in [1.165, 1.54) is 23.6 Å². The number of fused-ring (bicyclic) bond motifs is 2. The lowest BCUT2D eigenvalue weighted by Crippen LogP contribution is -2.45. The number of aromatic amines is 1. The highest BCUT2D eigenvalue weighted by atomic mass is 16.2. The van der Waals surface area contributed by atoms with Crippen molar-refractivity contribution in [3.8, 4) is 0 Å². The van der Waals surface area contributed by atoms with Crippen LogP contribution in [0.15, 0.2) is 46.1 Å². The van der Waals surface area contributed by atoms with E-state index in [0.717, 1.165) is 30.8 Å². The van der Waals surface area contributed by atoms with Crippen LogP contribution in [0.1, 0.15) is 42.1 Å². The molecule has 0 saturated heterocycles. The van der Waals surface area contributed by atoms with E-state index in [4.69, 9.17) is 0 Å². The fourth-order valence-electron chi connectivity index (χ4n) is 4.44. The van der Waals surface area contributed by atoms with E-state index in [1.54, 1.807) is 11.0 Å². The molecule has 2 aliphatic carbocycles. The molecule has 6 rings (SSSR count). The van der Waals surface area contributed by atoms with Crippen molar-refractivity contribution < 1.29 is 4.79 Å². The van der Waals surface area contributed by atoms with Crippen molar-refractivity contribution in [2.24, 2.45) is 0 Å². The van der Waals surface area contributed by atoms with Gasteiger partial charge in [-0.05, 0) is 43.9 Å². The summed E-state index contributed by atoms with van der Waals surface area (Å²) in [6, 6.07) is 10.2. The maximum Gasteiger partial charge on any atom is 0.330 e. The molecule has 2 saturated carbocycles. The van der Waals surface area contributed by atoms with E-state index < -0.39 is 11.2 Å². The SMILES string of the molecule is O=C(c1cnc2c(c1)c(=O)[nH]c(=O)n2C1CC1)N1CCN(C2CC2)c2ccccc21. The third-order valence-electron chi connectivity index (χ3n) is 6.22. The van der Waals surface area contributed by atoms with Gasteiger partial charge in [0.25, 0.3) is 11.5 Å². The van der Waals surface area contributed by atoms with Gasteiger partial charge in [0.2, 0.25) is 0 Å². The van der Waals surface area contributed by atoms with Crippen molar-refractivity contribution in [3.05, 3.63) is 62.9 Å². The van der Waals surface area contributed by atoms with Crippen LogP contribution in [0.4, 0.5) is 11.4 Å². The number of H-pyrrole nitrogens is 1. The lowest BCUT2D eigenvalue weighted by atomic mass is 10.1. The Labute approximate surface area is 171 Å². The van der Waals surface area contributed by atoms with Crippen LogP contribution in [0.2, 0.25) is 0 Å². The smallest absolute Gasteiger partial charge is 0.330 e. The number of para-hydroxylation sites is 2. The van der Waals surface area contributed by atoms with Crippen LogP contribution < -0.4 is 21.0 Å². The summed E-state index contributed by atoms with van der Waals surface area (Å²) < 4.78 is 1.54. The number of carbonyl (C=O) groups excluding carboxylic acids is 1. The minimum Gasteiger partial charge on any atom is -0.365 e. The third kappa shape index (κ3) is 2.67. The topological polar surface area (TPSA) is 91.3 Å². The number of amides is 1. The molecule has 3 heterocycles. The molecule has 0 bridgehead atoms. The lowest BCUT2D eigenvalue weighted by molar-refractivity contribution is 0.0986. The van der Waals surface area contributed by atoms with Crippen molar-refractivity contribution in [2.45, 2.75) is 37.8 Å². The van der Waals surface area contributed by atoms with E-state index in [9.17, 15) is 14.4 Å². The number of rotatable bonds is 3. The van der Waals surface area contributed by atoms with Gasteiger partial charge in [0.1, 0.15) is 5.65 Å². The molecule has 2 fully saturated rings. The van der Waals surface area contributed by atoms with Crippen LogP contribution in [-0.2, 0) is 0 Å². The monoisotopic (exact) mass is 403 g/mol. The molecule has 8 heteroatoms. The van der Waals surface area contributed by atoms with Gasteiger partial charge in [-0.2, -0.15) is 0 Å². The summed E-state index contributed by atoms with van der Waals surface area (Å²) in [6.45, 7) is 1.37. The number of hydrogen-bond donors (Lipinski definition) is 1. The molecule has 0 radical (unpaired) electrons. The van der Waals surface area contributed by atoms with Crippen molar-refractivity contribution >= 4 is 28.3 Å². The molecule has 0 spiro atoms. The molecule has 1 aliphatic heterocycles. The molecule has 8 nitrogen and oxygen atoms in total. The number of benzene rings is 1. The molecule has 30 heavy (non-hydrogen) atoms. The second-order valence-electron chi connectivity index (χ2n) is 8.33. The molecule has 0 atom stereocenters. The van der Waals surface area contributed by atoms with Crippen LogP contribution in [-0.4, -0.2) is 39.6 Å². The highest BCUT2D eigenvalue weighted by molar-refractivity contribution is 6.09. The molecule has 3 aromatic rings. The summed E-state index contributed by atoms with van der Waals surface area (Å²) in [5.74, 6) is -0.184. The van der Waals surface area contributed by atoms with Crippen molar-refractivity contribution in [1.82, 2.24) is 14.5 Å². The van der Waals surface area contributed by atoms with Crippen LogP contribution >= 0.6 is 0 Å². The normalized spacial score (nSPS) is 18.5. The third-order valence-corrected chi connectivity index (χ3v) is 6.22. The molecule has 2 aromatic heterocycles. The van der Waals surface area contributed by atoms with Crippen molar-refractivity contribution in [2.75, 3.05) is 22.9 Å². The number of carbonyl (C=O) groups is 1. The molecule has 1 N–H and O–H groups in total. The summed E-state index contributed by atoms with van der Waals surface area (Å²) in [7, 11) is 0. The minimum absolute atomic E-state index is 0.0771. The number of hydrogen-bond acceptors (Lipinski definition) is 5. The van der Waals surface area contributed by atoms with E-state index in [0.29, 0.717) is 23.8 Å². The van der Waals surface area contributed by atoms with E-state index >= 15 is 0 Å². The maximum absolute atomic E-state index is 13.4. The molecule has 1 aromatic carbocycles. The number of nitrogens with one attached hydrogen (secondary N) is 1. The number of nitrogens with zero attached hydrogens (tertiary/aromatic N) is 4. The Kier molecular flexibility index (Phi) is 3.65. The Morgan fingerprint density at radius 2 is 1.73 bits per heavy atom. The quantitative estimate of drug-likeness (QED) is 0.723. The standard InChI is InChI=1S/C22H21N5O3/c28-20-16-11-13(12-23-19(16)27(15-7-8-15)22(30)24-20)21(29)26-10-9-25(14-5-6-14)17-3-1-2-4-18(17)26/h1-4,11-12,14-15H,5-10H2,(H,24,28,30). The fraction of sp³-hybridized carbons (Fsp3) is 0.364. The molecule has 3 aliphatic rings. The summed E-state index contributed by atoms with van der Waals surface area (Å²) in [4.78, 5) is 48.9. The molecule has 1 amide bonds. The van der Waals surface area contributed by atoms with Gasteiger partial charge in [0.15, 0.2) is 0 Å². The Morgan fingerprint density at radius 1 is 1.00 bits per heavy atom. The lowest BCUT2D eigenvalue weighted by Gasteiger charge is -2.38. The first-order chi connectivity index (χ1) is 14.6. The summed E-state index contributed by atoms with van der Waals surface area (Å²) in [5.41, 5.74) is 1.72. The molecule has 0 unspecified atom stereocenters. The minimum atomic E-state index is -0.506. The van der Waals surface area contributed by atoms with Crippen LogP contribution in [0, 0.1) is 0 Å². The molecular formula is C22H21N5O3.